The van der Waals surface area contributed by atoms with Gasteiger partial charge in [-0.3, -0.25) is 0 Å². The highest BCUT2D eigenvalue weighted by Gasteiger charge is 2.31. The third kappa shape index (κ3) is 2.34. The van der Waals surface area contributed by atoms with Gasteiger partial charge in [0.25, 0.3) is 0 Å². The molecule has 2 N–H and O–H groups in total. The van der Waals surface area contributed by atoms with Gasteiger partial charge in [-0.05, 0) is 31.0 Å². The molecule has 0 unspecified atom stereocenters. The molecule has 6 heteroatoms. The van der Waals surface area contributed by atoms with E-state index >= 15 is 0 Å². The Morgan fingerprint density at radius 3 is 2.71 bits per heavy atom. The van der Waals surface area contributed by atoms with Crippen LogP contribution in [0, 0.1) is 12.7 Å². The lowest BCUT2D eigenvalue weighted by atomic mass is 10.2. The topological polar surface area (TPSA) is 63.4 Å². The summed E-state index contributed by atoms with van der Waals surface area (Å²) in [6.07, 6.45) is 0.646. The molecule has 1 aliphatic heterocycles. The van der Waals surface area contributed by atoms with Gasteiger partial charge in [0, 0.05) is 19.1 Å². The van der Waals surface area contributed by atoms with E-state index in [1.54, 1.807) is 6.92 Å². The van der Waals surface area contributed by atoms with Crippen molar-refractivity contribution in [2.45, 2.75) is 24.3 Å². The molecule has 2 rings (SSSR count). The molecule has 1 atom stereocenters. The number of benzene rings is 1. The van der Waals surface area contributed by atoms with E-state index in [1.165, 1.54) is 16.4 Å². The second-order valence-electron chi connectivity index (χ2n) is 4.32. The summed E-state index contributed by atoms with van der Waals surface area (Å²) in [5.74, 6) is -0.505. The lowest BCUT2D eigenvalue weighted by Crippen LogP contribution is -2.32. The Labute approximate surface area is 100 Å². The molecule has 94 valence electrons. The Bertz CT molecular complexity index is 530. The number of rotatable bonds is 2. The largest absolute Gasteiger partial charge is 0.326 e. The van der Waals surface area contributed by atoms with Crippen LogP contribution in [0.1, 0.15) is 12.0 Å². The first-order valence-electron chi connectivity index (χ1n) is 5.43. The van der Waals surface area contributed by atoms with Crippen LogP contribution in [0.15, 0.2) is 23.1 Å². The van der Waals surface area contributed by atoms with Crippen molar-refractivity contribution in [3.05, 3.63) is 29.6 Å². The van der Waals surface area contributed by atoms with Gasteiger partial charge in [-0.1, -0.05) is 6.07 Å². The molecule has 4 nitrogen and oxygen atoms in total. The van der Waals surface area contributed by atoms with Crippen molar-refractivity contribution in [2.24, 2.45) is 5.73 Å². The second kappa shape index (κ2) is 4.36. The molecular weight excluding hydrogens is 243 g/mol. The molecule has 0 aliphatic carbocycles. The molecule has 0 spiro atoms. The van der Waals surface area contributed by atoms with E-state index in [9.17, 15) is 12.8 Å². The minimum atomic E-state index is -3.60. The van der Waals surface area contributed by atoms with Gasteiger partial charge >= 0.3 is 0 Å². The van der Waals surface area contributed by atoms with E-state index in [-0.39, 0.29) is 10.9 Å². The van der Waals surface area contributed by atoms with Gasteiger partial charge in [-0.15, -0.1) is 0 Å². The van der Waals surface area contributed by atoms with Crippen molar-refractivity contribution in [1.29, 1.82) is 0 Å². The number of aryl methyl sites for hydroxylation is 1. The summed E-state index contributed by atoms with van der Waals surface area (Å²) in [6.45, 7) is 2.30. The fraction of sp³-hybridized carbons (Fsp3) is 0.455. The molecule has 0 saturated carbocycles. The Morgan fingerprint density at radius 2 is 2.18 bits per heavy atom. The maximum absolute atomic E-state index is 13.4. The van der Waals surface area contributed by atoms with E-state index in [4.69, 9.17) is 5.73 Å². The maximum Gasteiger partial charge on any atom is 0.243 e. The zero-order valence-corrected chi connectivity index (χ0v) is 10.4. The molecule has 1 fully saturated rings. The lowest BCUT2D eigenvalue weighted by Gasteiger charge is -2.16. The summed E-state index contributed by atoms with van der Waals surface area (Å²) >= 11 is 0. The van der Waals surface area contributed by atoms with Crippen molar-refractivity contribution < 1.29 is 12.8 Å². The number of halogens is 1. The summed E-state index contributed by atoms with van der Waals surface area (Å²) in [5, 5.41) is 0. The molecule has 0 amide bonds. The molecule has 17 heavy (non-hydrogen) atoms. The molecule has 1 saturated heterocycles. The van der Waals surface area contributed by atoms with E-state index in [0.29, 0.717) is 25.1 Å². The molecule has 1 heterocycles. The first kappa shape index (κ1) is 12.5. The molecule has 0 aromatic heterocycles. The van der Waals surface area contributed by atoms with Gasteiger partial charge in [0.1, 0.15) is 5.82 Å². The highest BCUT2D eigenvalue weighted by molar-refractivity contribution is 7.89. The molecule has 1 aromatic carbocycles. The predicted molar refractivity (Wildman–Crippen MR) is 62.5 cm³/mol. The van der Waals surface area contributed by atoms with E-state index in [2.05, 4.69) is 0 Å². The second-order valence-corrected chi connectivity index (χ2v) is 6.26. The minimum absolute atomic E-state index is 0.00491. The standard InChI is InChI=1S/C11H15FN2O2S/c1-8-2-3-10(6-11(8)12)17(15,16)14-5-4-9(13)7-14/h2-3,6,9H,4-5,7,13H2,1H3/t9-/m1/s1. The number of nitrogens with two attached hydrogens (primary N) is 1. The highest BCUT2D eigenvalue weighted by Crippen LogP contribution is 2.22. The maximum atomic E-state index is 13.4. The summed E-state index contributed by atoms with van der Waals surface area (Å²) in [7, 11) is -3.60. The van der Waals surface area contributed by atoms with Crippen molar-refractivity contribution in [1.82, 2.24) is 4.31 Å². The van der Waals surface area contributed by atoms with Crippen LogP contribution in [-0.4, -0.2) is 31.9 Å². The summed E-state index contributed by atoms with van der Waals surface area (Å²) in [4.78, 5) is -0.00491. The van der Waals surface area contributed by atoms with Gasteiger partial charge < -0.3 is 5.73 Å². The van der Waals surface area contributed by atoms with Crippen molar-refractivity contribution in [3.8, 4) is 0 Å². The monoisotopic (exact) mass is 258 g/mol. The van der Waals surface area contributed by atoms with Gasteiger partial charge in [-0.25, -0.2) is 12.8 Å². The van der Waals surface area contributed by atoms with Gasteiger partial charge in [0.05, 0.1) is 4.90 Å². The van der Waals surface area contributed by atoms with Crippen LogP contribution in [0.5, 0.6) is 0 Å². The molecule has 0 radical (unpaired) electrons. The predicted octanol–water partition coefficient (Wildman–Crippen LogP) is 0.856. The van der Waals surface area contributed by atoms with Crippen LogP contribution in [0.4, 0.5) is 4.39 Å². The first-order valence-corrected chi connectivity index (χ1v) is 6.87. The van der Waals surface area contributed by atoms with Crippen LogP contribution in [0.2, 0.25) is 0 Å². The van der Waals surface area contributed by atoms with Crippen LogP contribution < -0.4 is 5.73 Å². The van der Waals surface area contributed by atoms with Crippen molar-refractivity contribution in [2.75, 3.05) is 13.1 Å². The van der Waals surface area contributed by atoms with Gasteiger partial charge in [0.2, 0.25) is 10.0 Å². The zero-order chi connectivity index (χ0) is 12.6. The third-order valence-electron chi connectivity index (χ3n) is 2.97. The summed E-state index contributed by atoms with van der Waals surface area (Å²) in [6, 6.07) is 3.84. The van der Waals surface area contributed by atoms with E-state index < -0.39 is 15.8 Å². The third-order valence-corrected chi connectivity index (χ3v) is 4.83. The van der Waals surface area contributed by atoms with Gasteiger partial charge in [0.15, 0.2) is 0 Å². The normalized spacial score (nSPS) is 21.9. The highest BCUT2D eigenvalue weighted by atomic mass is 32.2. The summed E-state index contributed by atoms with van der Waals surface area (Å²) in [5.41, 5.74) is 6.11. The van der Waals surface area contributed by atoms with Crippen LogP contribution in [0.3, 0.4) is 0 Å². The molecule has 0 bridgehead atoms. The van der Waals surface area contributed by atoms with Crippen molar-refractivity contribution >= 4 is 10.0 Å². The van der Waals surface area contributed by atoms with Crippen LogP contribution in [-0.2, 0) is 10.0 Å². The average Bonchev–Trinajstić information content (AvgIpc) is 2.69. The SMILES string of the molecule is Cc1ccc(S(=O)(=O)N2CC[C@@H](N)C2)cc1F. The van der Waals surface area contributed by atoms with E-state index in [0.717, 1.165) is 6.07 Å². The zero-order valence-electron chi connectivity index (χ0n) is 9.56. The molecule has 1 aromatic rings. The Hall–Kier alpha value is -0.980. The van der Waals surface area contributed by atoms with Crippen molar-refractivity contribution in [3.63, 3.8) is 0 Å². The van der Waals surface area contributed by atoms with E-state index in [1.807, 2.05) is 0 Å². The van der Waals surface area contributed by atoms with Crippen LogP contribution in [0.25, 0.3) is 0 Å². The van der Waals surface area contributed by atoms with Gasteiger partial charge in [-0.2, -0.15) is 4.31 Å². The smallest absolute Gasteiger partial charge is 0.243 e. The fourth-order valence-corrected chi connectivity index (χ4v) is 3.38. The number of sulfonamides is 1. The number of nitrogens with zero attached hydrogens (tertiary/aromatic N) is 1. The molecular formula is C11H15FN2O2S. The quantitative estimate of drug-likeness (QED) is 0.855. The number of hydrogen-bond acceptors (Lipinski definition) is 3. The Morgan fingerprint density at radius 1 is 1.47 bits per heavy atom. The number of hydrogen-bond donors (Lipinski definition) is 1. The Balaban J connectivity index is 2.35. The summed E-state index contributed by atoms with van der Waals surface area (Å²) < 4.78 is 39.0. The average molecular weight is 258 g/mol. The molecule has 1 aliphatic rings. The minimum Gasteiger partial charge on any atom is -0.326 e. The fourth-order valence-electron chi connectivity index (χ4n) is 1.86. The van der Waals surface area contributed by atoms with Crippen LogP contribution >= 0.6 is 0 Å². The Kier molecular flexibility index (Phi) is 3.20. The first-order chi connectivity index (χ1) is 7.91. The lowest BCUT2D eigenvalue weighted by molar-refractivity contribution is 0.471.